The molecule has 8 heteroatoms. The number of urea groups is 1. The fraction of sp³-hybridized carbons (Fsp3) is 0.0714. The van der Waals surface area contributed by atoms with E-state index < -0.39 is 6.03 Å². The number of carbonyl (C=O) groups excluding carboxylic acids is 1. The summed E-state index contributed by atoms with van der Waals surface area (Å²) in [6.45, 7) is 0. The highest BCUT2D eigenvalue weighted by Gasteiger charge is 2.16. The fourth-order valence-electron chi connectivity index (χ4n) is 1.81. The van der Waals surface area contributed by atoms with Crippen molar-refractivity contribution >= 4 is 51.0 Å². The molecule has 0 aliphatic rings. The molecule has 2 rings (SSSR count). The highest BCUT2D eigenvalue weighted by Crippen LogP contribution is 2.35. The Morgan fingerprint density at radius 1 is 1.27 bits per heavy atom. The van der Waals surface area contributed by atoms with Crippen molar-refractivity contribution in [3.8, 4) is 0 Å². The second-order valence-electron chi connectivity index (χ2n) is 4.28. The average Bonchev–Trinajstić information content (AvgIpc) is 2.53. The minimum atomic E-state index is -0.595. The summed E-state index contributed by atoms with van der Waals surface area (Å²) in [6.07, 6.45) is 0. The van der Waals surface area contributed by atoms with Gasteiger partial charge in [0.1, 0.15) is 0 Å². The van der Waals surface area contributed by atoms with E-state index in [1.807, 2.05) is 35.8 Å². The molecule has 2 aromatic carbocycles. The summed E-state index contributed by atoms with van der Waals surface area (Å²) in [6, 6.07) is 12.4. The Morgan fingerprint density at radius 3 is 2.68 bits per heavy atom. The summed E-state index contributed by atoms with van der Waals surface area (Å²) in [4.78, 5) is 12.6. The van der Waals surface area contributed by atoms with Crippen molar-refractivity contribution in [3.63, 3.8) is 0 Å². The standard InChI is InChI=1S/C14H14BrClN4OS/c15-10-4-3-6-12(20(18)14(21)19-17)9(10)8-22-13-7-2-1-5-11(13)16/h1-7H,8,17-18H2,(H,19,21). The summed E-state index contributed by atoms with van der Waals surface area (Å²) in [5.74, 6) is 11.5. The van der Waals surface area contributed by atoms with Gasteiger partial charge in [-0.2, -0.15) is 0 Å². The van der Waals surface area contributed by atoms with Crippen LogP contribution in [0, 0.1) is 0 Å². The van der Waals surface area contributed by atoms with Gasteiger partial charge >= 0.3 is 6.03 Å². The van der Waals surface area contributed by atoms with Crippen molar-refractivity contribution in [1.29, 1.82) is 0 Å². The van der Waals surface area contributed by atoms with Crippen LogP contribution in [-0.2, 0) is 5.75 Å². The van der Waals surface area contributed by atoms with E-state index in [0.717, 1.165) is 19.9 Å². The lowest BCUT2D eigenvalue weighted by molar-refractivity contribution is 0.246. The van der Waals surface area contributed by atoms with Crippen molar-refractivity contribution in [2.45, 2.75) is 10.6 Å². The third-order valence-corrected chi connectivity index (χ3v) is 5.19. The quantitative estimate of drug-likeness (QED) is 0.316. The van der Waals surface area contributed by atoms with Gasteiger partial charge in [0.05, 0.1) is 10.7 Å². The summed E-state index contributed by atoms with van der Waals surface area (Å²) in [7, 11) is 0. The average molecular weight is 402 g/mol. The predicted octanol–water partition coefficient (Wildman–Crippen LogP) is 3.66. The maximum Gasteiger partial charge on any atom is 0.350 e. The molecule has 22 heavy (non-hydrogen) atoms. The molecule has 0 aliphatic heterocycles. The van der Waals surface area contributed by atoms with E-state index in [-0.39, 0.29) is 0 Å². The molecular weight excluding hydrogens is 388 g/mol. The molecule has 5 N–H and O–H groups in total. The first-order chi connectivity index (χ1) is 10.5. The van der Waals surface area contributed by atoms with Crippen LogP contribution < -0.4 is 22.1 Å². The number of hydrogen-bond donors (Lipinski definition) is 3. The van der Waals surface area contributed by atoms with Crippen LogP contribution in [0.3, 0.4) is 0 Å². The van der Waals surface area contributed by atoms with Gasteiger partial charge in [0.2, 0.25) is 0 Å². The van der Waals surface area contributed by atoms with Crippen molar-refractivity contribution in [1.82, 2.24) is 5.43 Å². The smallest absolute Gasteiger partial charge is 0.274 e. The lowest BCUT2D eigenvalue weighted by Crippen LogP contribution is -2.48. The van der Waals surface area contributed by atoms with E-state index in [1.165, 1.54) is 0 Å². The van der Waals surface area contributed by atoms with Crippen molar-refractivity contribution in [2.75, 3.05) is 5.01 Å². The molecule has 0 aliphatic carbocycles. The van der Waals surface area contributed by atoms with Gasteiger partial charge in [-0.1, -0.05) is 45.7 Å². The number of nitrogens with one attached hydrogen (secondary N) is 1. The number of amides is 2. The van der Waals surface area contributed by atoms with Gasteiger partial charge in [-0.25, -0.2) is 21.5 Å². The Bertz CT molecular complexity index is 686. The number of nitrogens with two attached hydrogens (primary N) is 2. The zero-order chi connectivity index (χ0) is 16.1. The SMILES string of the molecule is NNC(=O)N(N)c1cccc(Br)c1CSc1ccccc1Cl. The normalized spacial score (nSPS) is 10.4. The maximum atomic E-state index is 11.6. The Hall–Kier alpha value is -1.25. The lowest BCUT2D eigenvalue weighted by Gasteiger charge is -2.20. The fourth-order valence-corrected chi connectivity index (χ4v) is 3.77. The number of thioether (sulfide) groups is 1. The van der Waals surface area contributed by atoms with Gasteiger partial charge in [0, 0.05) is 20.7 Å². The Kier molecular flexibility index (Phi) is 6.10. The number of halogens is 2. The highest BCUT2D eigenvalue weighted by molar-refractivity contribution is 9.10. The molecule has 2 aromatic rings. The van der Waals surface area contributed by atoms with Crippen LogP contribution in [0.5, 0.6) is 0 Å². The van der Waals surface area contributed by atoms with Crippen molar-refractivity contribution in [3.05, 3.63) is 57.5 Å². The Labute approximate surface area is 146 Å². The maximum absolute atomic E-state index is 11.6. The molecule has 0 fully saturated rings. The summed E-state index contributed by atoms with van der Waals surface area (Å²) >= 11 is 11.2. The molecule has 116 valence electrons. The molecule has 0 heterocycles. The number of nitrogens with zero attached hydrogens (tertiary/aromatic N) is 1. The monoisotopic (exact) mass is 400 g/mol. The Balaban J connectivity index is 2.27. The second-order valence-corrected chi connectivity index (χ2v) is 6.55. The van der Waals surface area contributed by atoms with E-state index in [4.69, 9.17) is 23.3 Å². The molecule has 0 saturated heterocycles. The van der Waals surface area contributed by atoms with Crippen molar-refractivity contribution < 1.29 is 4.79 Å². The zero-order valence-electron chi connectivity index (χ0n) is 11.4. The number of rotatable bonds is 4. The minimum Gasteiger partial charge on any atom is -0.274 e. The largest absolute Gasteiger partial charge is 0.350 e. The van der Waals surface area contributed by atoms with E-state index in [2.05, 4.69) is 15.9 Å². The van der Waals surface area contributed by atoms with Crippen LogP contribution >= 0.6 is 39.3 Å². The van der Waals surface area contributed by atoms with Crippen LogP contribution in [0.15, 0.2) is 51.8 Å². The summed E-state index contributed by atoms with van der Waals surface area (Å²) in [5, 5.41) is 1.66. The molecule has 0 unspecified atom stereocenters. The highest BCUT2D eigenvalue weighted by atomic mass is 79.9. The number of carbonyl (C=O) groups is 1. The van der Waals surface area contributed by atoms with Gasteiger partial charge in [-0.15, -0.1) is 11.8 Å². The number of hydrogen-bond acceptors (Lipinski definition) is 4. The molecule has 0 saturated carbocycles. The molecule has 0 radical (unpaired) electrons. The Morgan fingerprint density at radius 2 is 2.00 bits per heavy atom. The first-order valence-corrected chi connectivity index (χ1v) is 8.40. The third kappa shape index (κ3) is 3.93. The summed E-state index contributed by atoms with van der Waals surface area (Å²) < 4.78 is 0.852. The first-order valence-electron chi connectivity index (χ1n) is 6.24. The first kappa shape index (κ1) is 17.1. The number of benzene rings is 2. The topological polar surface area (TPSA) is 84.4 Å². The van der Waals surface area contributed by atoms with E-state index in [1.54, 1.807) is 23.9 Å². The molecule has 0 atom stereocenters. The molecule has 0 spiro atoms. The predicted molar refractivity (Wildman–Crippen MR) is 94.5 cm³/mol. The van der Waals surface area contributed by atoms with E-state index in [0.29, 0.717) is 16.5 Å². The van der Waals surface area contributed by atoms with Crippen LogP contribution in [0.4, 0.5) is 10.5 Å². The van der Waals surface area contributed by atoms with Gasteiger partial charge < -0.3 is 0 Å². The van der Waals surface area contributed by atoms with Crippen LogP contribution in [0.2, 0.25) is 5.02 Å². The second kappa shape index (κ2) is 7.85. The molecule has 5 nitrogen and oxygen atoms in total. The van der Waals surface area contributed by atoms with Gasteiger partial charge in [0.25, 0.3) is 0 Å². The van der Waals surface area contributed by atoms with Crippen LogP contribution in [0.1, 0.15) is 5.56 Å². The number of hydrazine groups is 2. The minimum absolute atomic E-state index is 0.567. The molecule has 0 bridgehead atoms. The van der Waals surface area contributed by atoms with E-state index in [9.17, 15) is 4.79 Å². The number of anilines is 1. The van der Waals surface area contributed by atoms with Gasteiger partial charge in [-0.3, -0.25) is 5.43 Å². The third-order valence-electron chi connectivity index (χ3n) is 2.90. The van der Waals surface area contributed by atoms with E-state index >= 15 is 0 Å². The molecular formula is C14H14BrClN4OS. The van der Waals surface area contributed by atoms with Gasteiger partial charge in [0.15, 0.2) is 0 Å². The summed E-state index contributed by atoms with van der Waals surface area (Å²) in [5.41, 5.74) is 3.45. The van der Waals surface area contributed by atoms with Gasteiger partial charge in [-0.05, 0) is 24.3 Å². The molecule has 0 aromatic heterocycles. The lowest BCUT2D eigenvalue weighted by atomic mass is 10.2. The molecule has 2 amide bonds. The van der Waals surface area contributed by atoms with Crippen LogP contribution in [-0.4, -0.2) is 6.03 Å². The zero-order valence-corrected chi connectivity index (χ0v) is 14.6. The van der Waals surface area contributed by atoms with Crippen molar-refractivity contribution in [2.24, 2.45) is 11.7 Å². The van der Waals surface area contributed by atoms with Crippen LogP contribution in [0.25, 0.3) is 0 Å².